The average molecular weight is 264 g/mol. The Kier molecular flexibility index (Phi) is 6.19. The fourth-order valence-corrected chi connectivity index (χ4v) is 1.89. The number of hydrogen-bond acceptors (Lipinski definition) is 3. The number of nitrogens with zero attached hydrogens (tertiary/aromatic N) is 1. The number of benzene rings is 1. The minimum absolute atomic E-state index is 0.00542. The third kappa shape index (κ3) is 4.47. The molecule has 106 valence electrons. The number of amides is 1. The lowest BCUT2D eigenvalue weighted by molar-refractivity contribution is 0.0792. The van der Waals surface area contributed by atoms with E-state index in [2.05, 4.69) is 6.92 Å². The maximum absolute atomic E-state index is 12.2. The Bertz CT molecular complexity index is 419. The van der Waals surface area contributed by atoms with Crippen molar-refractivity contribution in [3.05, 3.63) is 23.8 Å². The molecule has 0 bridgehead atoms. The number of hydrogen-bond donors (Lipinski definition) is 1. The SMILES string of the molecule is CCCCCN(C)C(=O)c1ccc(OCC)c(N)c1. The standard InChI is InChI=1S/C15H24N2O2/c1-4-6-7-10-17(3)15(18)12-8-9-14(19-5-2)13(16)11-12/h8-9,11H,4-7,10,16H2,1-3H3. The van der Waals surface area contributed by atoms with Crippen molar-refractivity contribution in [2.24, 2.45) is 0 Å². The van der Waals surface area contributed by atoms with E-state index in [4.69, 9.17) is 10.5 Å². The fraction of sp³-hybridized carbons (Fsp3) is 0.533. The van der Waals surface area contributed by atoms with Gasteiger partial charge in [-0.3, -0.25) is 4.79 Å². The highest BCUT2D eigenvalue weighted by Crippen LogP contribution is 2.23. The third-order valence-corrected chi connectivity index (χ3v) is 3.00. The van der Waals surface area contributed by atoms with E-state index in [0.29, 0.717) is 23.6 Å². The zero-order valence-electron chi connectivity index (χ0n) is 12.1. The first-order chi connectivity index (χ1) is 9.10. The Morgan fingerprint density at radius 3 is 2.63 bits per heavy atom. The van der Waals surface area contributed by atoms with Crippen molar-refractivity contribution >= 4 is 11.6 Å². The Hall–Kier alpha value is -1.71. The molecular weight excluding hydrogens is 240 g/mol. The van der Waals surface area contributed by atoms with Crippen LogP contribution < -0.4 is 10.5 Å². The summed E-state index contributed by atoms with van der Waals surface area (Å²) in [6.07, 6.45) is 3.33. The number of nitrogen functional groups attached to an aromatic ring is 1. The van der Waals surface area contributed by atoms with Crippen LogP contribution in [-0.4, -0.2) is 31.0 Å². The van der Waals surface area contributed by atoms with E-state index in [-0.39, 0.29) is 5.91 Å². The monoisotopic (exact) mass is 264 g/mol. The molecule has 0 aliphatic carbocycles. The summed E-state index contributed by atoms with van der Waals surface area (Å²) in [4.78, 5) is 13.9. The first-order valence-electron chi connectivity index (χ1n) is 6.87. The molecule has 0 fully saturated rings. The van der Waals surface area contributed by atoms with E-state index in [1.165, 1.54) is 0 Å². The van der Waals surface area contributed by atoms with Crippen LogP contribution in [0.4, 0.5) is 5.69 Å². The summed E-state index contributed by atoms with van der Waals surface area (Å²) in [6.45, 7) is 5.39. The number of unbranched alkanes of at least 4 members (excludes halogenated alkanes) is 2. The Labute approximate surface area is 115 Å². The van der Waals surface area contributed by atoms with Crippen LogP contribution in [0.15, 0.2) is 18.2 Å². The largest absolute Gasteiger partial charge is 0.492 e. The minimum Gasteiger partial charge on any atom is -0.492 e. The van der Waals surface area contributed by atoms with Gasteiger partial charge in [-0.2, -0.15) is 0 Å². The van der Waals surface area contributed by atoms with Crippen molar-refractivity contribution in [3.63, 3.8) is 0 Å². The van der Waals surface area contributed by atoms with Gasteiger partial charge in [-0.15, -0.1) is 0 Å². The van der Waals surface area contributed by atoms with Crippen molar-refractivity contribution < 1.29 is 9.53 Å². The van der Waals surface area contributed by atoms with Gasteiger partial charge >= 0.3 is 0 Å². The van der Waals surface area contributed by atoms with Crippen molar-refractivity contribution in [1.29, 1.82) is 0 Å². The molecule has 0 aliphatic rings. The predicted molar refractivity (Wildman–Crippen MR) is 78.5 cm³/mol. The topological polar surface area (TPSA) is 55.6 Å². The first-order valence-corrected chi connectivity index (χ1v) is 6.87. The van der Waals surface area contributed by atoms with Crippen molar-refractivity contribution in [3.8, 4) is 5.75 Å². The second-order valence-corrected chi connectivity index (χ2v) is 4.62. The molecule has 4 nitrogen and oxygen atoms in total. The van der Waals surface area contributed by atoms with Crippen LogP contribution in [0.3, 0.4) is 0 Å². The van der Waals surface area contributed by atoms with Crippen LogP contribution in [0.25, 0.3) is 0 Å². The van der Waals surface area contributed by atoms with E-state index >= 15 is 0 Å². The molecular formula is C15H24N2O2. The molecule has 0 aromatic heterocycles. The van der Waals surface area contributed by atoms with Gasteiger partial charge in [-0.25, -0.2) is 0 Å². The van der Waals surface area contributed by atoms with Gasteiger partial charge in [0.2, 0.25) is 0 Å². The summed E-state index contributed by atoms with van der Waals surface area (Å²) in [5.74, 6) is 0.638. The van der Waals surface area contributed by atoms with Crippen LogP contribution in [-0.2, 0) is 0 Å². The molecule has 0 saturated heterocycles. The van der Waals surface area contributed by atoms with E-state index < -0.39 is 0 Å². The average Bonchev–Trinajstić information content (AvgIpc) is 2.40. The second kappa shape index (κ2) is 7.67. The summed E-state index contributed by atoms with van der Waals surface area (Å²) in [6, 6.07) is 5.20. The number of carbonyl (C=O) groups excluding carboxylic acids is 1. The summed E-state index contributed by atoms with van der Waals surface area (Å²) in [5, 5.41) is 0. The van der Waals surface area contributed by atoms with Gasteiger partial charge in [-0.1, -0.05) is 19.8 Å². The van der Waals surface area contributed by atoms with E-state index in [1.54, 1.807) is 23.1 Å². The van der Waals surface area contributed by atoms with Crippen LogP contribution in [0.2, 0.25) is 0 Å². The molecule has 1 aromatic rings. The maximum atomic E-state index is 12.2. The first kappa shape index (κ1) is 15.3. The zero-order chi connectivity index (χ0) is 14.3. The summed E-state index contributed by atoms with van der Waals surface area (Å²) < 4.78 is 5.36. The van der Waals surface area contributed by atoms with Gasteiger partial charge in [0.05, 0.1) is 12.3 Å². The number of rotatable bonds is 7. The molecule has 1 aromatic carbocycles. The molecule has 1 amide bonds. The van der Waals surface area contributed by atoms with E-state index in [1.807, 2.05) is 14.0 Å². The van der Waals surface area contributed by atoms with Gasteiger partial charge < -0.3 is 15.4 Å². The van der Waals surface area contributed by atoms with Gasteiger partial charge in [-0.05, 0) is 31.5 Å². The fourth-order valence-electron chi connectivity index (χ4n) is 1.89. The highest BCUT2D eigenvalue weighted by Gasteiger charge is 2.13. The molecule has 19 heavy (non-hydrogen) atoms. The molecule has 0 spiro atoms. The molecule has 2 N–H and O–H groups in total. The highest BCUT2D eigenvalue weighted by atomic mass is 16.5. The second-order valence-electron chi connectivity index (χ2n) is 4.62. The predicted octanol–water partition coefficient (Wildman–Crippen LogP) is 2.93. The maximum Gasteiger partial charge on any atom is 0.253 e. The Morgan fingerprint density at radius 1 is 1.32 bits per heavy atom. The molecule has 0 unspecified atom stereocenters. The lowest BCUT2D eigenvalue weighted by atomic mass is 10.1. The van der Waals surface area contributed by atoms with Gasteiger partial charge in [0.15, 0.2) is 0 Å². The number of carbonyl (C=O) groups is 1. The molecule has 0 aliphatic heterocycles. The zero-order valence-corrected chi connectivity index (χ0v) is 12.1. The lowest BCUT2D eigenvalue weighted by Crippen LogP contribution is -2.27. The molecule has 0 heterocycles. The van der Waals surface area contributed by atoms with Crippen molar-refractivity contribution in [2.45, 2.75) is 33.1 Å². The summed E-state index contributed by atoms with van der Waals surface area (Å²) in [7, 11) is 1.82. The Morgan fingerprint density at radius 2 is 2.05 bits per heavy atom. The normalized spacial score (nSPS) is 10.3. The van der Waals surface area contributed by atoms with Crippen LogP contribution in [0, 0.1) is 0 Å². The minimum atomic E-state index is 0.00542. The quantitative estimate of drug-likeness (QED) is 0.608. The Balaban J connectivity index is 2.68. The summed E-state index contributed by atoms with van der Waals surface area (Å²) in [5.41, 5.74) is 6.99. The van der Waals surface area contributed by atoms with Crippen molar-refractivity contribution in [2.75, 3.05) is 25.9 Å². The van der Waals surface area contributed by atoms with Crippen molar-refractivity contribution in [1.82, 2.24) is 4.90 Å². The van der Waals surface area contributed by atoms with Gasteiger partial charge in [0, 0.05) is 19.2 Å². The van der Waals surface area contributed by atoms with Gasteiger partial charge in [0.25, 0.3) is 5.91 Å². The summed E-state index contributed by atoms with van der Waals surface area (Å²) >= 11 is 0. The number of anilines is 1. The smallest absolute Gasteiger partial charge is 0.253 e. The molecule has 0 radical (unpaired) electrons. The molecule has 4 heteroatoms. The lowest BCUT2D eigenvalue weighted by Gasteiger charge is -2.17. The van der Waals surface area contributed by atoms with E-state index in [9.17, 15) is 4.79 Å². The highest BCUT2D eigenvalue weighted by molar-refractivity contribution is 5.95. The number of nitrogens with two attached hydrogens (primary N) is 1. The van der Waals surface area contributed by atoms with Gasteiger partial charge in [0.1, 0.15) is 5.75 Å². The van der Waals surface area contributed by atoms with Crippen LogP contribution in [0.1, 0.15) is 43.5 Å². The number of ether oxygens (including phenoxy) is 1. The van der Waals surface area contributed by atoms with Crippen LogP contribution in [0.5, 0.6) is 5.75 Å². The third-order valence-electron chi connectivity index (χ3n) is 3.00. The molecule has 1 rings (SSSR count). The molecule has 0 saturated carbocycles. The molecule has 0 atom stereocenters. The van der Waals surface area contributed by atoms with E-state index in [0.717, 1.165) is 25.8 Å². The van der Waals surface area contributed by atoms with Crippen LogP contribution >= 0.6 is 0 Å².